The average Bonchev–Trinajstić information content (AvgIpc) is 3.13. The predicted octanol–water partition coefficient (Wildman–Crippen LogP) is 3.03. The number of nitrogens with zero attached hydrogens (tertiary/aromatic N) is 1. The molecule has 5 nitrogen and oxygen atoms in total. The van der Waals surface area contributed by atoms with Crippen LogP contribution in [0, 0.1) is 5.41 Å². The molecule has 0 atom stereocenters. The quantitative estimate of drug-likeness (QED) is 0.812. The minimum Gasteiger partial charge on any atom is -0.492 e. The van der Waals surface area contributed by atoms with Gasteiger partial charge in [-0.1, -0.05) is 13.3 Å². The molecule has 0 saturated heterocycles. The van der Waals surface area contributed by atoms with Crippen LogP contribution in [0.3, 0.4) is 0 Å². The Hall–Kier alpha value is -1.43. The first-order valence-electron chi connectivity index (χ1n) is 7.36. The topological polar surface area (TPSA) is 67.6 Å². The lowest BCUT2D eigenvalue weighted by molar-refractivity contribution is 0.0833. The molecule has 0 radical (unpaired) electrons. The van der Waals surface area contributed by atoms with Gasteiger partial charge in [0.2, 0.25) is 0 Å². The van der Waals surface area contributed by atoms with Crippen molar-refractivity contribution in [2.24, 2.45) is 5.41 Å². The van der Waals surface area contributed by atoms with Crippen molar-refractivity contribution in [1.82, 2.24) is 4.90 Å². The molecule has 0 aromatic carbocycles. The maximum Gasteiger partial charge on any atom is 0.265 e. The molecule has 1 saturated carbocycles. The summed E-state index contributed by atoms with van der Waals surface area (Å²) in [7, 11) is 5.04. The smallest absolute Gasteiger partial charge is 0.265 e. The normalized spacial score (nSPS) is 15.6. The molecule has 0 spiro atoms. The van der Waals surface area contributed by atoms with Crippen LogP contribution in [0.15, 0.2) is 0 Å². The summed E-state index contributed by atoms with van der Waals surface area (Å²) in [6, 6.07) is 0. The minimum atomic E-state index is -0.0847. The first kappa shape index (κ1) is 15.9. The van der Waals surface area contributed by atoms with Crippen molar-refractivity contribution < 1.29 is 9.53 Å². The molecule has 6 heteroatoms. The highest BCUT2D eigenvalue weighted by atomic mass is 32.1. The van der Waals surface area contributed by atoms with Gasteiger partial charge in [0.1, 0.15) is 15.6 Å². The zero-order valence-corrected chi connectivity index (χ0v) is 14.1. The van der Waals surface area contributed by atoms with Gasteiger partial charge in [0.15, 0.2) is 5.75 Å². The lowest BCUT2D eigenvalue weighted by Gasteiger charge is -2.15. The summed E-state index contributed by atoms with van der Waals surface area (Å²) in [6.45, 7) is 3.14. The molecule has 21 heavy (non-hydrogen) atoms. The largest absolute Gasteiger partial charge is 0.492 e. The molecule has 1 amide bonds. The van der Waals surface area contributed by atoms with Crippen LogP contribution >= 0.6 is 11.3 Å². The average molecular weight is 311 g/mol. The van der Waals surface area contributed by atoms with Crippen LogP contribution in [-0.2, 0) is 0 Å². The van der Waals surface area contributed by atoms with Crippen LogP contribution < -0.4 is 15.8 Å². The molecular formula is C15H25N3O2S. The lowest BCUT2D eigenvalue weighted by atomic mass is 10.0. The number of anilines is 2. The first-order valence-corrected chi connectivity index (χ1v) is 8.17. The second kappa shape index (κ2) is 6.13. The molecule has 1 heterocycles. The minimum absolute atomic E-state index is 0.0847. The zero-order chi connectivity index (χ0) is 15.6. The van der Waals surface area contributed by atoms with Gasteiger partial charge in [-0.25, -0.2) is 0 Å². The summed E-state index contributed by atoms with van der Waals surface area (Å²) in [5.41, 5.74) is 6.93. The van der Waals surface area contributed by atoms with Gasteiger partial charge >= 0.3 is 0 Å². The van der Waals surface area contributed by atoms with Crippen LogP contribution in [0.2, 0.25) is 0 Å². The molecular weight excluding hydrogens is 286 g/mol. The molecule has 3 N–H and O–H groups in total. The number of carbonyl (C=O) groups excluding carboxylic acids is 1. The van der Waals surface area contributed by atoms with E-state index in [1.165, 1.54) is 41.9 Å². The summed E-state index contributed by atoms with van der Waals surface area (Å²) in [5, 5.41) is 4.31. The molecule has 0 unspecified atom stereocenters. The number of nitrogens with one attached hydrogen (secondary N) is 1. The molecule has 1 aromatic heterocycles. The fraction of sp³-hybridized carbons (Fsp3) is 0.667. The van der Waals surface area contributed by atoms with Crippen LogP contribution in [0.25, 0.3) is 0 Å². The second-order valence-electron chi connectivity index (χ2n) is 6.01. The van der Waals surface area contributed by atoms with E-state index in [0.717, 1.165) is 11.5 Å². The zero-order valence-electron chi connectivity index (χ0n) is 13.3. The molecule has 0 aliphatic heterocycles. The Bertz CT molecular complexity index is 521. The van der Waals surface area contributed by atoms with Crippen molar-refractivity contribution in [3.05, 3.63) is 4.88 Å². The van der Waals surface area contributed by atoms with E-state index in [0.29, 0.717) is 21.7 Å². The number of carbonyl (C=O) groups is 1. The van der Waals surface area contributed by atoms with Gasteiger partial charge in [-0.3, -0.25) is 4.79 Å². The Balaban J connectivity index is 2.16. The summed E-state index contributed by atoms with van der Waals surface area (Å²) < 4.78 is 5.38. The van der Waals surface area contributed by atoms with E-state index in [1.807, 2.05) is 0 Å². The molecule has 2 rings (SSSR count). The number of thiophene rings is 1. The van der Waals surface area contributed by atoms with Crippen molar-refractivity contribution >= 4 is 27.9 Å². The van der Waals surface area contributed by atoms with Gasteiger partial charge in [-0.05, 0) is 24.7 Å². The summed E-state index contributed by atoms with van der Waals surface area (Å²) in [4.78, 5) is 14.2. The van der Waals surface area contributed by atoms with E-state index in [4.69, 9.17) is 10.5 Å². The number of rotatable bonds is 7. The molecule has 118 valence electrons. The van der Waals surface area contributed by atoms with Crippen molar-refractivity contribution in [3.8, 4) is 5.75 Å². The standard InChI is InChI=1S/C15H25N3O2S/c1-5-6-15(7-8-15)9-17-13-11(20-4)10(16)12(21-13)14(19)18(2)3/h17H,5-9,16H2,1-4H3. The Labute approximate surface area is 130 Å². The summed E-state index contributed by atoms with van der Waals surface area (Å²) in [6.07, 6.45) is 5.00. The number of ether oxygens (including phenoxy) is 1. The Morgan fingerprint density at radius 1 is 1.48 bits per heavy atom. The maximum absolute atomic E-state index is 12.1. The summed E-state index contributed by atoms with van der Waals surface area (Å²) >= 11 is 1.38. The Kier molecular flexibility index (Phi) is 4.66. The fourth-order valence-corrected chi connectivity index (χ4v) is 3.71. The number of hydrogen-bond donors (Lipinski definition) is 2. The monoisotopic (exact) mass is 311 g/mol. The molecule has 1 fully saturated rings. The fourth-order valence-electron chi connectivity index (χ4n) is 2.60. The van der Waals surface area contributed by atoms with Crippen molar-refractivity contribution in [2.75, 3.05) is 38.8 Å². The van der Waals surface area contributed by atoms with E-state index >= 15 is 0 Å². The van der Waals surface area contributed by atoms with E-state index < -0.39 is 0 Å². The van der Waals surface area contributed by atoms with E-state index in [2.05, 4.69) is 12.2 Å². The molecule has 1 aliphatic rings. The maximum atomic E-state index is 12.1. The van der Waals surface area contributed by atoms with Crippen LogP contribution in [0.5, 0.6) is 5.75 Å². The van der Waals surface area contributed by atoms with Gasteiger partial charge < -0.3 is 20.7 Å². The van der Waals surface area contributed by atoms with Crippen LogP contribution in [0.1, 0.15) is 42.3 Å². The predicted molar refractivity (Wildman–Crippen MR) is 88.4 cm³/mol. The third-order valence-corrected chi connectivity index (χ3v) is 5.20. The third-order valence-electron chi connectivity index (χ3n) is 4.07. The number of nitrogen functional groups attached to an aromatic ring is 1. The second-order valence-corrected chi connectivity index (χ2v) is 7.03. The number of methoxy groups -OCH3 is 1. The molecule has 0 bridgehead atoms. The van der Waals surface area contributed by atoms with Gasteiger partial charge in [0, 0.05) is 20.6 Å². The first-order chi connectivity index (χ1) is 9.94. The van der Waals surface area contributed by atoms with Gasteiger partial charge in [0.05, 0.1) is 7.11 Å². The third kappa shape index (κ3) is 3.26. The van der Waals surface area contributed by atoms with Crippen LogP contribution in [-0.4, -0.2) is 38.6 Å². The number of nitrogens with two attached hydrogens (primary N) is 1. The van der Waals surface area contributed by atoms with E-state index in [1.54, 1.807) is 21.2 Å². The summed E-state index contributed by atoms with van der Waals surface area (Å²) in [5.74, 6) is 0.510. The molecule has 1 aliphatic carbocycles. The van der Waals surface area contributed by atoms with Gasteiger partial charge in [-0.2, -0.15) is 0 Å². The van der Waals surface area contributed by atoms with Crippen LogP contribution in [0.4, 0.5) is 10.7 Å². The van der Waals surface area contributed by atoms with Crippen molar-refractivity contribution in [1.29, 1.82) is 0 Å². The highest BCUT2D eigenvalue weighted by molar-refractivity contribution is 7.19. The van der Waals surface area contributed by atoms with E-state index in [-0.39, 0.29) is 5.91 Å². The number of hydrogen-bond acceptors (Lipinski definition) is 5. The van der Waals surface area contributed by atoms with Gasteiger partial charge in [0.25, 0.3) is 5.91 Å². The van der Waals surface area contributed by atoms with E-state index in [9.17, 15) is 4.79 Å². The van der Waals surface area contributed by atoms with Gasteiger partial charge in [-0.15, -0.1) is 11.3 Å². The number of amides is 1. The molecule has 1 aromatic rings. The highest BCUT2D eigenvalue weighted by Crippen LogP contribution is 2.51. The Morgan fingerprint density at radius 3 is 2.62 bits per heavy atom. The SMILES string of the molecule is CCCC1(CNc2sc(C(=O)N(C)C)c(N)c2OC)CC1. The van der Waals surface area contributed by atoms with Crippen molar-refractivity contribution in [3.63, 3.8) is 0 Å². The Morgan fingerprint density at radius 2 is 2.14 bits per heavy atom. The lowest BCUT2D eigenvalue weighted by Crippen LogP contribution is -2.21. The highest BCUT2D eigenvalue weighted by Gasteiger charge is 2.41. The van der Waals surface area contributed by atoms with Crippen molar-refractivity contribution in [2.45, 2.75) is 32.6 Å².